The zero-order valence-corrected chi connectivity index (χ0v) is 15.8. The van der Waals surface area contributed by atoms with Crippen molar-refractivity contribution in [2.75, 3.05) is 11.4 Å². The number of fused-ring (bicyclic) bond motifs is 1. The number of carbonyl (C=O) groups is 1. The zero-order valence-electron chi connectivity index (χ0n) is 15.0. The number of hydrogen-bond acceptors (Lipinski definition) is 3. The van der Waals surface area contributed by atoms with Gasteiger partial charge in [0.2, 0.25) is 15.9 Å². The van der Waals surface area contributed by atoms with E-state index in [1.54, 1.807) is 23.1 Å². The highest BCUT2D eigenvalue weighted by Crippen LogP contribution is 2.31. The van der Waals surface area contributed by atoms with Gasteiger partial charge in [-0.15, -0.1) is 0 Å². The van der Waals surface area contributed by atoms with Crippen LogP contribution in [0.4, 0.5) is 5.69 Å². The van der Waals surface area contributed by atoms with E-state index in [4.69, 9.17) is 0 Å². The number of amides is 1. The van der Waals surface area contributed by atoms with Gasteiger partial charge in [-0.1, -0.05) is 39.0 Å². The van der Waals surface area contributed by atoms with Crippen molar-refractivity contribution in [1.29, 1.82) is 0 Å². The van der Waals surface area contributed by atoms with Crippen LogP contribution in [-0.4, -0.2) is 26.9 Å². The lowest BCUT2D eigenvalue weighted by Crippen LogP contribution is -2.35. The van der Waals surface area contributed by atoms with E-state index in [2.05, 4.69) is 4.72 Å². The van der Waals surface area contributed by atoms with Gasteiger partial charge in [0.15, 0.2) is 0 Å². The lowest BCUT2D eigenvalue weighted by atomic mass is 9.97. The molecule has 1 aromatic rings. The van der Waals surface area contributed by atoms with Crippen LogP contribution in [0.1, 0.15) is 63.9 Å². The first-order chi connectivity index (χ1) is 12.0. The third-order valence-electron chi connectivity index (χ3n) is 5.29. The lowest BCUT2D eigenvalue weighted by Gasteiger charge is -2.21. The molecule has 1 aromatic carbocycles. The summed E-state index contributed by atoms with van der Waals surface area (Å²) in [5, 5.41) is 0. The van der Waals surface area contributed by atoms with Crippen molar-refractivity contribution in [3.63, 3.8) is 0 Å². The van der Waals surface area contributed by atoms with Gasteiger partial charge in [-0.05, 0) is 43.0 Å². The Hall–Kier alpha value is -1.40. The van der Waals surface area contributed by atoms with Gasteiger partial charge in [0.25, 0.3) is 0 Å². The van der Waals surface area contributed by atoms with Gasteiger partial charge in [0, 0.05) is 24.7 Å². The summed E-state index contributed by atoms with van der Waals surface area (Å²) in [5.41, 5.74) is 1.80. The van der Waals surface area contributed by atoms with E-state index < -0.39 is 10.0 Å². The fourth-order valence-corrected chi connectivity index (χ4v) is 5.21. The molecule has 1 aliphatic carbocycles. The Morgan fingerprint density at radius 1 is 1.16 bits per heavy atom. The van der Waals surface area contributed by atoms with E-state index in [9.17, 15) is 13.2 Å². The topological polar surface area (TPSA) is 66.5 Å². The van der Waals surface area contributed by atoms with Gasteiger partial charge < -0.3 is 4.90 Å². The summed E-state index contributed by atoms with van der Waals surface area (Å²) in [6.45, 7) is 2.49. The third kappa shape index (κ3) is 4.23. The van der Waals surface area contributed by atoms with Gasteiger partial charge in [-0.2, -0.15) is 0 Å². The van der Waals surface area contributed by atoms with Gasteiger partial charge in [-0.25, -0.2) is 13.1 Å². The minimum Gasteiger partial charge on any atom is -0.312 e. The number of rotatable bonds is 4. The van der Waals surface area contributed by atoms with E-state index in [1.165, 1.54) is 19.3 Å². The molecule has 1 N–H and O–H groups in total. The Morgan fingerprint density at radius 3 is 2.52 bits per heavy atom. The van der Waals surface area contributed by atoms with Crippen molar-refractivity contribution in [3.05, 3.63) is 23.8 Å². The fourth-order valence-electron chi connectivity index (χ4n) is 3.86. The molecule has 2 aliphatic rings. The van der Waals surface area contributed by atoms with Gasteiger partial charge >= 0.3 is 0 Å². The minimum absolute atomic E-state index is 0.0386. The molecule has 25 heavy (non-hydrogen) atoms. The van der Waals surface area contributed by atoms with Crippen LogP contribution in [0.3, 0.4) is 0 Å². The Labute approximate surface area is 150 Å². The van der Waals surface area contributed by atoms with Crippen LogP contribution in [0.2, 0.25) is 0 Å². The molecular weight excluding hydrogens is 336 g/mol. The second kappa shape index (κ2) is 7.87. The average molecular weight is 365 g/mol. The van der Waals surface area contributed by atoms with E-state index in [1.807, 2.05) is 6.92 Å². The monoisotopic (exact) mass is 364 g/mol. The Kier molecular flexibility index (Phi) is 5.79. The highest BCUT2D eigenvalue weighted by atomic mass is 32.2. The molecule has 1 amide bonds. The number of nitrogens with zero attached hydrogens (tertiary/aromatic N) is 1. The van der Waals surface area contributed by atoms with E-state index >= 15 is 0 Å². The molecule has 5 nitrogen and oxygen atoms in total. The smallest absolute Gasteiger partial charge is 0.240 e. The van der Waals surface area contributed by atoms with Crippen LogP contribution in [0.25, 0.3) is 0 Å². The van der Waals surface area contributed by atoms with Crippen molar-refractivity contribution in [2.24, 2.45) is 0 Å². The largest absolute Gasteiger partial charge is 0.312 e. The second-order valence-corrected chi connectivity index (χ2v) is 8.82. The zero-order chi connectivity index (χ0) is 17.9. The summed E-state index contributed by atoms with van der Waals surface area (Å²) < 4.78 is 28.5. The van der Waals surface area contributed by atoms with Crippen LogP contribution >= 0.6 is 0 Å². The number of benzene rings is 1. The first kappa shape index (κ1) is 18.4. The van der Waals surface area contributed by atoms with Gasteiger partial charge in [0.05, 0.1) is 4.90 Å². The molecule has 0 saturated heterocycles. The lowest BCUT2D eigenvalue weighted by molar-refractivity contribution is -0.118. The quantitative estimate of drug-likeness (QED) is 0.891. The number of anilines is 1. The summed E-state index contributed by atoms with van der Waals surface area (Å²) in [7, 11) is -3.51. The first-order valence-corrected chi connectivity index (χ1v) is 10.9. The fraction of sp³-hybridized carbons (Fsp3) is 0.632. The Bertz CT molecular complexity index is 722. The summed E-state index contributed by atoms with van der Waals surface area (Å²) >= 11 is 0. The molecule has 0 bridgehead atoms. The average Bonchev–Trinajstić information content (AvgIpc) is 2.99. The molecule has 138 valence electrons. The van der Waals surface area contributed by atoms with Gasteiger partial charge in [-0.3, -0.25) is 4.79 Å². The summed E-state index contributed by atoms with van der Waals surface area (Å²) in [4.78, 5) is 14.1. The van der Waals surface area contributed by atoms with Crippen LogP contribution in [-0.2, 0) is 21.2 Å². The van der Waals surface area contributed by atoms with Crippen LogP contribution in [0, 0.1) is 0 Å². The van der Waals surface area contributed by atoms with E-state index in [-0.39, 0.29) is 11.9 Å². The molecule has 1 saturated carbocycles. The maximum Gasteiger partial charge on any atom is 0.240 e. The molecule has 0 atom stereocenters. The highest BCUT2D eigenvalue weighted by Gasteiger charge is 2.27. The molecule has 1 aliphatic heterocycles. The molecule has 1 fully saturated rings. The Morgan fingerprint density at radius 2 is 1.84 bits per heavy atom. The SMILES string of the molecule is CCC(=O)N1CCc2cc(S(=O)(=O)NC3CCCCCCC3)ccc21. The number of sulfonamides is 1. The van der Waals surface area contributed by atoms with Gasteiger partial charge in [0.1, 0.15) is 0 Å². The van der Waals surface area contributed by atoms with Crippen molar-refractivity contribution >= 4 is 21.6 Å². The second-order valence-electron chi connectivity index (χ2n) is 7.10. The van der Waals surface area contributed by atoms with E-state index in [0.29, 0.717) is 24.3 Å². The number of carbonyl (C=O) groups excluding carboxylic acids is 1. The predicted molar refractivity (Wildman–Crippen MR) is 99.2 cm³/mol. The number of nitrogens with one attached hydrogen (secondary N) is 1. The minimum atomic E-state index is -3.51. The highest BCUT2D eigenvalue weighted by molar-refractivity contribution is 7.89. The van der Waals surface area contributed by atoms with Crippen LogP contribution in [0.5, 0.6) is 0 Å². The van der Waals surface area contributed by atoms with Crippen LogP contribution in [0.15, 0.2) is 23.1 Å². The maximum atomic E-state index is 12.8. The van der Waals surface area contributed by atoms with Crippen molar-refractivity contribution in [1.82, 2.24) is 4.72 Å². The van der Waals surface area contributed by atoms with Crippen molar-refractivity contribution in [2.45, 2.75) is 75.6 Å². The molecule has 1 heterocycles. The normalized spacial score (nSPS) is 19.3. The maximum absolute atomic E-state index is 12.8. The third-order valence-corrected chi connectivity index (χ3v) is 6.81. The predicted octanol–water partition coefficient (Wildman–Crippen LogP) is 3.38. The summed E-state index contributed by atoms with van der Waals surface area (Å²) in [6, 6.07) is 5.19. The molecule has 0 aromatic heterocycles. The first-order valence-electron chi connectivity index (χ1n) is 9.47. The molecule has 0 unspecified atom stereocenters. The number of hydrogen-bond donors (Lipinski definition) is 1. The van der Waals surface area contributed by atoms with E-state index in [0.717, 1.165) is 36.9 Å². The van der Waals surface area contributed by atoms with Crippen LogP contribution < -0.4 is 9.62 Å². The molecular formula is C19H28N2O3S. The standard InChI is InChI=1S/C19H28N2O3S/c1-2-19(22)21-13-12-15-14-17(10-11-18(15)21)25(23,24)20-16-8-6-4-3-5-7-9-16/h10-11,14,16,20H,2-9,12-13H2,1H3. The van der Waals surface area contributed by atoms with Crippen molar-refractivity contribution < 1.29 is 13.2 Å². The molecule has 6 heteroatoms. The Balaban J connectivity index is 1.76. The molecule has 0 radical (unpaired) electrons. The molecule has 3 rings (SSSR count). The van der Waals surface area contributed by atoms with Crippen molar-refractivity contribution in [3.8, 4) is 0 Å². The summed E-state index contributed by atoms with van der Waals surface area (Å²) in [5.74, 6) is 0.0852. The molecule has 0 spiro atoms. The summed E-state index contributed by atoms with van der Waals surface area (Å²) in [6.07, 6.45) is 8.84.